The first kappa shape index (κ1) is 12.5. The molecule has 0 radical (unpaired) electrons. The van der Waals surface area contributed by atoms with Gasteiger partial charge in [0.05, 0.1) is 12.1 Å². The second-order valence-electron chi connectivity index (χ2n) is 6.12. The van der Waals surface area contributed by atoms with Crippen molar-refractivity contribution in [2.45, 2.75) is 32.2 Å². The number of likely N-dealkylation sites (tertiary alicyclic amines) is 1. The molecule has 2 aromatic rings. The molecule has 0 spiro atoms. The zero-order valence-corrected chi connectivity index (χ0v) is 12.3. The lowest BCUT2D eigenvalue weighted by Crippen LogP contribution is -2.27. The van der Waals surface area contributed by atoms with E-state index in [1.165, 1.54) is 43.6 Å². The van der Waals surface area contributed by atoms with Gasteiger partial charge in [-0.05, 0) is 36.2 Å². The van der Waals surface area contributed by atoms with Gasteiger partial charge >= 0.3 is 0 Å². The van der Waals surface area contributed by atoms with E-state index in [2.05, 4.69) is 14.9 Å². The van der Waals surface area contributed by atoms with Crippen LogP contribution >= 0.6 is 11.3 Å². The number of hydrogen-bond acceptors (Lipinski definition) is 4. The molecule has 5 heteroatoms. The second kappa shape index (κ2) is 4.97. The van der Waals surface area contributed by atoms with Crippen molar-refractivity contribution in [3.05, 3.63) is 27.6 Å². The fourth-order valence-electron chi connectivity index (χ4n) is 3.51. The third-order valence-corrected chi connectivity index (χ3v) is 5.77. The molecule has 1 unspecified atom stereocenters. The Hall–Kier alpha value is -1.20. The molecule has 1 N–H and O–H groups in total. The van der Waals surface area contributed by atoms with Crippen molar-refractivity contribution < 1.29 is 0 Å². The summed E-state index contributed by atoms with van der Waals surface area (Å²) in [5.41, 5.74) is 0.846. The third-order valence-electron chi connectivity index (χ3n) is 4.86. The topological polar surface area (TPSA) is 49.0 Å². The number of H-pyrrole nitrogens is 1. The number of rotatable bonds is 3. The van der Waals surface area contributed by atoms with Crippen molar-refractivity contribution in [2.24, 2.45) is 11.8 Å². The predicted molar refractivity (Wildman–Crippen MR) is 81.0 cm³/mol. The maximum Gasteiger partial charge on any atom is 0.268 e. The zero-order chi connectivity index (χ0) is 13.5. The number of aromatic nitrogens is 2. The van der Waals surface area contributed by atoms with Crippen LogP contribution in [0.3, 0.4) is 0 Å². The Labute approximate surface area is 121 Å². The standard InChI is InChI=1S/C15H19N3OS/c19-15-14-12(5-7-20-14)16-13(17-15)9-18-6-4-11(8-18)10-2-1-3-10/h5,7,10-11H,1-4,6,8-9H2,(H,16,17,19). The summed E-state index contributed by atoms with van der Waals surface area (Å²) in [7, 11) is 0. The summed E-state index contributed by atoms with van der Waals surface area (Å²) in [6.45, 7) is 3.10. The molecular weight excluding hydrogens is 270 g/mol. The van der Waals surface area contributed by atoms with Gasteiger partial charge in [0.2, 0.25) is 0 Å². The summed E-state index contributed by atoms with van der Waals surface area (Å²) in [6, 6.07) is 1.93. The van der Waals surface area contributed by atoms with Crippen LogP contribution in [0.4, 0.5) is 0 Å². The summed E-state index contributed by atoms with van der Waals surface area (Å²) >= 11 is 1.46. The average molecular weight is 289 g/mol. The van der Waals surface area contributed by atoms with Gasteiger partial charge in [0, 0.05) is 6.54 Å². The molecule has 4 rings (SSSR count). The molecule has 20 heavy (non-hydrogen) atoms. The highest BCUT2D eigenvalue weighted by Crippen LogP contribution is 2.38. The van der Waals surface area contributed by atoms with Crippen molar-refractivity contribution >= 4 is 21.6 Å². The van der Waals surface area contributed by atoms with Crippen LogP contribution in [0.15, 0.2) is 16.2 Å². The molecule has 2 fully saturated rings. The van der Waals surface area contributed by atoms with Gasteiger partial charge in [0.1, 0.15) is 10.5 Å². The number of fused-ring (bicyclic) bond motifs is 1. The van der Waals surface area contributed by atoms with Crippen LogP contribution in [0, 0.1) is 11.8 Å². The Morgan fingerprint density at radius 1 is 1.35 bits per heavy atom. The van der Waals surface area contributed by atoms with Crippen molar-refractivity contribution in [1.82, 2.24) is 14.9 Å². The lowest BCUT2D eigenvalue weighted by Gasteiger charge is -2.31. The molecule has 1 aliphatic heterocycles. The van der Waals surface area contributed by atoms with Crippen molar-refractivity contribution in [3.8, 4) is 0 Å². The van der Waals surface area contributed by atoms with Gasteiger partial charge in [-0.2, -0.15) is 0 Å². The molecule has 1 aliphatic carbocycles. The first-order valence-corrected chi connectivity index (χ1v) is 8.36. The highest BCUT2D eigenvalue weighted by molar-refractivity contribution is 7.17. The highest BCUT2D eigenvalue weighted by atomic mass is 32.1. The number of nitrogens with zero attached hydrogens (tertiary/aromatic N) is 2. The van der Waals surface area contributed by atoms with E-state index >= 15 is 0 Å². The highest BCUT2D eigenvalue weighted by Gasteiger charge is 2.32. The SMILES string of the molecule is O=c1[nH]c(CN2CCC(C3CCC3)C2)nc2ccsc12. The molecule has 2 aromatic heterocycles. The lowest BCUT2D eigenvalue weighted by molar-refractivity contribution is 0.199. The lowest BCUT2D eigenvalue weighted by atomic mass is 9.75. The largest absolute Gasteiger partial charge is 0.308 e. The van der Waals surface area contributed by atoms with Crippen LogP contribution < -0.4 is 5.56 Å². The maximum absolute atomic E-state index is 12.0. The molecule has 4 nitrogen and oxygen atoms in total. The minimum Gasteiger partial charge on any atom is -0.308 e. The van der Waals surface area contributed by atoms with Gasteiger partial charge in [-0.1, -0.05) is 19.3 Å². The predicted octanol–water partition coefficient (Wildman–Crippen LogP) is 2.61. The van der Waals surface area contributed by atoms with Crippen LogP contribution in [-0.2, 0) is 6.54 Å². The van der Waals surface area contributed by atoms with Crippen LogP contribution in [0.25, 0.3) is 10.2 Å². The van der Waals surface area contributed by atoms with Gasteiger partial charge in [-0.3, -0.25) is 9.69 Å². The summed E-state index contributed by atoms with van der Waals surface area (Å²) in [5.74, 6) is 2.65. The van der Waals surface area contributed by atoms with E-state index in [4.69, 9.17) is 0 Å². The minimum absolute atomic E-state index is 0.00902. The van der Waals surface area contributed by atoms with Gasteiger partial charge in [-0.25, -0.2) is 4.98 Å². The third kappa shape index (κ3) is 2.19. The van der Waals surface area contributed by atoms with Gasteiger partial charge < -0.3 is 4.98 Å². The summed E-state index contributed by atoms with van der Waals surface area (Å²) in [4.78, 5) is 21.9. The Kier molecular flexibility index (Phi) is 3.11. The minimum atomic E-state index is 0.00902. The molecule has 0 bridgehead atoms. The van der Waals surface area contributed by atoms with E-state index < -0.39 is 0 Å². The number of thiophene rings is 1. The van der Waals surface area contributed by atoms with E-state index in [1.54, 1.807) is 0 Å². The van der Waals surface area contributed by atoms with E-state index in [9.17, 15) is 4.79 Å². The number of aromatic amines is 1. The Balaban J connectivity index is 1.49. The molecule has 2 aliphatic rings. The van der Waals surface area contributed by atoms with E-state index in [1.807, 2.05) is 11.4 Å². The van der Waals surface area contributed by atoms with Crippen LogP contribution in [-0.4, -0.2) is 28.0 Å². The van der Waals surface area contributed by atoms with Crippen LogP contribution in [0.2, 0.25) is 0 Å². The van der Waals surface area contributed by atoms with Crippen molar-refractivity contribution in [2.75, 3.05) is 13.1 Å². The molecule has 3 heterocycles. The van der Waals surface area contributed by atoms with Gasteiger partial charge in [-0.15, -0.1) is 11.3 Å². The van der Waals surface area contributed by atoms with Crippen molar-refractivity contribution in [1.29, 1.82) is 0 Å². The summed E-state index contributed by atoms with van der Waals surface area (Å²) < 4.78 is 0.738. The summed E-state index contributed by atoms with van der Waals surface area (Å²) in [6.07, 6.45) is 5.59. The molecule has 106 valence electrons. The fourth-order valence-corrected chi connectivity index (χ4v) is 4.24. The molecular formula is C15H19N3OS. The molecule has 1 saturated carbocycles. The Morgan fingerprint density at radius 3 is 3.05 bits per heavy atom. The maximum atomic E-state index is 12.0. The second-order valence-corrected chi connectivity index (χ2v) is 7.04. The van der Waals surface area contributed by atoms with E-state index in [0.29, 0.717) is 0 Å². The average Bonchev–Trinajstić information content (AvgIpc) is 2.96. The Morgan fingerprint density at radius 2 is 2.25 bits per heavy atom. The smallest absolute Gasteiger partial charge is 0.268 e. The van der Waals surface area contributed by atoms with Crippen LogP contribution in [0.5, 0.6) is 0 Å². The first-order valence-electron chi connectivity index (χ1n) is 7.48. The Bertz CT molecular complexity index is 673. The van der Waals surface area contributed by atoms with Crippen molar-refractivity contribution in [3.63, 3.8) is 0 Å². The van der Waals surface area contributed by atoms with Gasteiger partial charge in [0.15, 0.2) is 0 Å². The normalized spacial score (nSPS) is 24.3. The molecule has 1 atom stereocenters. The molecule has 1 saturated heterocycles. The number of nitrogens with one attached hydrogen (secondary N) is 1. The van der Waals surface area contributed by atoms with E-state index in [0.717, 1.165) is 41.0 Å². The zero-order valence-electron chi connectivity index (χ0n) is 11.5. The van der Waals surface area contributed by atoms with E-state index in [-0.39, 0.29) is 5.56 Å². The van der Waals surface area contributed by atoms with Crippen LogP contribution in [0.1, 0.15) is 31.5 Å². The monoisotopic (exact) mass is 289 g/mol. The first-order chi connectivity index (χ1) is 9.79. The quantitative estimate of drug-likeness (QED) is 0.945. The summed E-state index contributed by atoms with van der Waals surface area (Å²) in [5, 5.41) is 1.93. The fraction of sp³-hybridized carbons (Fsp3) is 0.600. The number of hydrogen-bond donors (Lipinski definition) is 1. The molecule has 0 aromatic carbocycles. The van der Waals surface area contributed by atoms with Gasteiger partial charge in [0.25, 0.3) is 5.56 Å². The molecule has 0 amide bonds.